The highest BCUT2D eigenvalue weighted by atomic mass is 32.2. The quantitative estimate of drug-likeness (QED) is 0.244. The van der Waals surface area contributed by atoms with Crippen molar-refractivity contribution in [1.29, 1.82) is 0 Å². The summed E-state index contributed by atoms with van der Waals surface area (Å²) in [6.45, 7) is 6.08. The van der Waals surface area contributed by atoms with Crippen LogP contribution in [0.25, 0.3) is 11.4 Å². The number of anilines is 2. The fraction of sp³-hybridized carbons (Fsp3) is 0.207. The van der Waals surface area contributed by atoms with Crippen LogP contribution in [0.3, 0.4) is 0 Å². The molecule has 5 rings (SSSR count). The molecule has 0 unspecified atom stereocenters. The molecule has 45 heavy (non-hydrogen) atoms. The van der Waals surface area contributed by atoms with Crippen LogP contribution in [0, 0.1) is 5.41 Å². The summed E-state index contributed by atoms with van der Waals surface area (Å²) in [5.41, 5.74) is 3.20. The Labute approximate surface area is 259 Å². The van der Waals surface area contributed by atoms with Crippen LogP contribution in [0.2, 0.25) is 0 Å². The summed E-state index contributed by atoms with van der Waals surface area (Å²) in [5, 5.41) is 11.7. The van der Waals surface area contributed by atoms with Crippen molar-refractivity contribution in [3.8, 4) is 11.4 Å². The highest BCUT2D eigenvalue weighted by Gasteiger charge is 2.35. The van der Waals surface area contributed by atoms with E-state index in [1.165, 1.54) is 4.79 Å². The van der Waals surface area contributed by atoms with Crippen molar-refractivity contribution in [1.82, 2.24) is 14.9 Å². The summed E-state index contributed by atoms with van der Waals surface area (Å²) < 4.78 is 65.1. The summed E-state index contributed by atoms with van der Waals surface area (Å²) >= 11 is 0. The van der Waals surface area contributed by atoms with E-state index in [9.17, 15) is 30.7 Å². The Hall–Kier alpha value is -4.77. The second-order valence-corrected chi connectivity index (χ2v) is 14.2. The molecule has 3 N–H and O–H groups in total. The molecule has 0 radical (unpaired) electrons. The first-order valence-corrected chi connectivity index (χ1v) is 16.2. The van der Waals surface area contributed by atoms with E-state index in [1.54, 1.807) is 24.3 Å². The largest absolute Gasteiger partial charge is 0.378 e. The molecule has 1 aliphatic rings. The molecule has 0 atom stereocenters. The number of nitrogens with one attached hydrogen (secondary N) is 1. The molecule has 234 valence electrons. The molecule has 0 saturated carbocycles. The molecule has 0 aliphatic carbocycles. The molecule has 0 fully saturated rings. The standard InChI is InChI=1S/C29H29N7O7S2/c1-29(2,3)25-24(30-19-10-12-21(13-11-19)35(4)5)27-32-26(34-36(27)33-25)17-6-8-20(9-7-17)31-28(37)18-14-22(44(38,39)40)16-23(15-18)45(41,42)43/h6-16H,1-5H3,(H,31,37)(H,38,39,40)(H,41,42,43)/b30-24-. The lowest BCUT2D eigenvalue weighted by Crippen LogP contribution is -2.27. The topological polar surface area (TPSA) is 197 Å². The third-order valence-electron chi connectivity index (χ3n) is 6.68. The number of aromatic nitrogens is 3. The normalized spacial score (nSPS) is 14.3. The minimum absolute atomic E-state index is 0.276. The first-order chi connectivity index (χ1) is 20.9. The Kier molecular flexibility index (Phi) is 7.95. The molecule has 4 aromatic rings. The van der Waals surface area contributed by atoms with E-state index in [0.717, 1.165) is 29.2 Å². The Balaban J connectivity index is 1.42. The van der Waals surface area contributed by atoms with Gasteiger partial charge in [0, 0.05) is 42.0 Å². The van der Waals surface area contributed by atoms with Gasteiger partial charge >= 0.3 is 0 Å². The monoisotopic (exact) mass is 651 g/mol. The van der Waals surface area contributed by atoms with E-state index < -0.39 is 41.5 Å². The molecule has 0 bridgehead atoms. The van der Waals surface area contributed by atoms with Crippen LogP contribution in [0.5, 0.6) is 0 Å². The van der Waals surface area contributed by atoms with Crippen LogP contribution in [0.15, 0.2) is 86.6 Å². The summed E-state index contributed by atoms with van der Waals surface area (Å²) in [5.74, 6) is -0.0630. The van der Waals surface area contributed by atoms with Crippen molar-refractivity contribution in [2.45, 2.75) is 30.6 Å². The van der Waals surface area contributed by atoms with Gasteiger partial charge in [-0.1, -0.05) is 20.8 Å². The minimum Gasteiger partial charge on any atom is -0.378 e. The fourth-order valence-electron chi connectivity index (χ4n) is 4.36. The van der Waals surface area contributed by atoms with Gasteiger partial charge in [0.1, 0.15) is 5.71 Å². The van der Waals surface area contributed by atoms with Crippen LogP contribution in [0.4, 0.5) is 17.1 Å². The molecule has 16 heteroatoms. The molecule has 3 aromatic carbocycles. The maximum Gasteiger partial charge on any atom is 0.294 e. The van der Waals surface area contributed by atoms with Crippen molar-refractivity contribution >= 4 is 54.6 Å². The number of fused-ring (bicyclic) bond motifs is 1. The Morgan fingerprint density at radius 3 is 1.98 bits per heavy atom. The van der Waals surface area contributed by atoms with Crippen molar-refractivity contribution in [3.05, 3.63) is 78.1 Å². The smallest absolute Gasteiger partial charge is 0.294 e. The molecular formula is C29H29N7O7S2. The van der Waals surface area contributed by atoms with Gasteiger partial charge in [0.25, 0.3) is 26.1 Å². The highest BCUT2D eigenvalue weighted by Crippen LogP contribution is 2.29. The van der Waals surface area contributed by atoms with Gasteiger partial charge in [-0.05, 0) is 66.7 Å². The number of aliphatic imine (C=N–C) groups is 1. The van der Waals surface area contributed by atoms with Gasteiger partial charge in [-0.25, -0.2) is 9.98 Å². The maximum atomic E-state index is 12.8. The molecule has 14 nitrogen and oxygen atoms in total. The number of carbonyl (C=O) groups is 1. The van der Waals surface area contributed by atoms with Crippen LogP contribution in [-0.4, -0.2) is 72.2 Å². The van der Waals surface area contributed by atoms with E-state index in [2.05, 4.69) is 15.5 Å². The number of hydrogen-bond acceptors (Lipinski definition) is 10. The number of hydrogen-bond donors (Lipinski definition) is 3. The Morgan fingerprint density at radius 2 is 1.47 bits per heavy atom. The summed E-state index contributed by atoms with van der Waals surface area (Å²) in [6, 6.07) is 16.2. The minimum atomic E-state index is -4.88. The summed E-state index contributed by atoms with van der Waals surface area (Å²) in [7, 11) is -5.84. The van der Waals surface area contributed by atoms with Gasteiger partial charge in [-0.2, -0.15) is 21.9 Å². The summed E-state index contributed by atoms with van der Waals surface area (Å²) in [6.07, 6.45) is 0. The van der Waals surface area contributed by atoms with E-state index in [-0.39, 0.29) is 11.1 Å². The predicted octanol–water partition coefficient (Wildman–Crippen LogP) is 4.14. The lowest BCUT2D eigenvalue weighted by Gasteiger charge is -2.18. The van der Waals surface area contributed by atoms with Crippen LogP contribution in [-0.2, 0) is 20.2 Å². The Morgan fingerprint density at radius 1 is 0.889 bits per heavy atom. The second kappa shape index (κ2) is 11.3. The van der Waals surface area contributed by atoms with Gasteiger partial charge in [0.05, 0.1) is 21.2 Å². The zero-order valence-electron chi connectivity index (χ0n) is 24.8. The zero-order valence-corrected chi connectivity index (χ0v) is 26.4. The van der Waals surface area contributed by atoms with E-state index in [4.69, 9.17) is 9.98 Å². The zero-order chi connectivity index (χ0) is 32.9. The van der Waals surface area contributed by atoms with Gasteiger partial charge in [0.2, 0.25) is 5.82 Å². The van der Waals surface area contributed by atoms with Crippen LogP contribution < -0.4 is 10.2 Å². The Bertz CT molecular complexity index is 2040. The molecule has 1 amide bonds. The number of amides is 1. The number of carbonyl (C=O) groups excluding carboxylic acids is 1. The number of benzene rings is 3. The lowest BCUT2D eigenvalue weighted by molar-refractivity contribution is 0.102. The van der Waals surface area contributed by atoms with E-state index >= 15 is 0 Å². The summed E-state index contributed by atoms with van der Waals surface area (Å²) in [4.78, 5) is 24.1. The fourth-order valence-corrected chi connectivity index (χ4v) is 5.54. The molecule has 0 saturated heterocycles. The average Bonchev–Trinajstić information content (AvgIpc) is 3.52. The van der Waals surface area contributed by atoms with E-state index in [1.807, 2.05) is 64.0 Å². The van der Waals surface area contributed by atoms with Crippen molar-refractivity contribution in [3.63, 3.8) is 0 Å². The highest BCUT2D eigenvalue weighted by molar-refractivity contribution is 7.86. The van der Waals surface area contributed by atoms with Gasteiger partial charge in [0.15, 0.2) is 5.82 Å². The van der Waals surface area contributed by atoms with Gasteiger partial charge < -0.3 is 10.2 Å². The molecule has 0 spiro atoms. The third kappa shape index (κ3) is 6.83. The van der Waals surface area contributed by atoms with Gasteiger partial charge in [-0.15, -0.1) is 9.89 Å². The number of nitrogens with zero attached hydrogens (tertiary/aromatic N) is 6. The average molecular weight is 652 g/mol. The van der Waals surface area contributed by atoms with Crippen LogP contribution >= 0.6 is 0 Å². The first-order valence-electron chi connectivity index (χ1n) is 13.4. The predicted molar refractivity (Wildman–Crippen MR) is 169 cm³/mol. The van der Waals surface area contributed by atoms with Crippen molar-refractivity contribution < 1.29 is 30.7 Å². The van der Waals surface area contributed by atoms with Crippen molar-refractivity contribution in [2.75, 3.05) is 24.3 Å². The van der Waals surface area contributed by atoms with Gasteiger partial charge in [-0.3, -0.25) is 13.9 Å². The third-order valence-corrected chi connectivity index (χ3v) is 8.34. The molecular weight excluding hydrogens is 622 g/mol. The van der Waals surface area contributed by atoms with E-state index in [0.29, 0.717) is 29.0 Å². The first kappa shape index (κ1) is 31.6. The lowest BCUT2D eigenvalue weighted by atomic mass is 9.87. The van der Waals surface area contributed by atoms with Crippen LogP contribution in [0.1, 0.15) is 37.0 Å². The molecule has 1 aromatic heterocycles. The molecule has 2 heterocycles. The maximum absolute atomic E-state index is 12.8. The second-order valence-electron chi connectivity index (χ2n) is 11.4. The molecule has 1 aliphatic heterocycles. The SMILES string of the molecule is CN(C)c1ccc(/N=C2/C(C(C)(C)C)=Nn3nc(-c4ccc(NC(=O)c5cc(S(=O)(=O)O)cc(S(=O)(=O)O)c5)cc4)nc32)cc1. The van der Waals surface area contributed by atoms with Crippen molar-refractivity contribution in [2.24, 2.45) is 15.5 Å². The number of rotatable bonds is 7.